The van der Waals surface area contributed by atoms with Crippen molar-refractivity contribution in [1.29, 1.82) is 0 Å². The van der Waals surface area contributed by atoms with E-state index in [0.29, 0.717) is 17.1 Å². The molecule has 1 amide bonds. The Hall–Kier alpha value is -4.07. The second-order valence-electron chi connectivity index (χ2n) is 6.51. The van der Waals surface area contributed by atoms with Crippen LogP contribution in [0.3, 0.4) is 0 Å². The van der Waals surface area contributed by atoms with Crippen molar-refractivity contribution in [3.8, 4) is 17.2 Å². The molecule has 146 valence electrons. The summed E-state index contributed by atoms with van der Waals surface area (Å²) >= 11 is 0. The lowest BCUT2D eigenvalue weighted by atomic mass is 10.2. The summed E-state index contributed by atoms with van der Waals surface area (Å²) < 4.78 is 6.57. The molecule has 0 aliphatic rings. The first-order valence-corrected chi connectivity index (χ1v) is 8.83. The van der Waals surface area contributed by atoms with Crippen LogP contribution in [-0.4, -0.2) is 32.9 Å². The number of fused-ring (bicyclic) bond motifs is 1. The van der Waals surface area contributed by atoms with Crippen LogP contribution in [0, 0.1) is 6.92 Å². The molecule has 0 unspecified atom stereocenters. The van der Waals surface area contributed by atoms with E-state index in [0.717, 1.165) is 11.3 Å². The first-order chi connectivity index (χ1) is 14.0. The highest BCUT2D eigenvalue weighted by molar-refractivity contribution is 6.08. The van der Waals surface area contributed by atoms with Gasteiger partial charge in [0.25, 0.3) is 11.5 Å². The highest BCUT2D eigenvalue weighted by Gasteiger charge is 2.22. The molecular formula is C21H18N4O4. The van der Waals surface area contributed by atoms with Crippen molar-refractivity contribution in [2.75, 3.05) is 12.4 Å². The molecule has 0 saturated heterocycles. The number of aromatic nitrogens is 3. The van der Waals surface area contributed by atoms with Crippen molar-refractivity contribution < 1.29 is 14.6 Å². The Balaban J connectivity index is 1.73. The van der Waals surface area contributed by atoms with Crippen LogP contribution < -0.4 is 15.6 Å². The molecule has 8 nitrogen and oxygen atoms in total. The summed E-state index contributed by atoms with van der Waals surface area (Å²) in [5, 5.41) is 17.7. The number of rotatable bonds is 4. The Morgan fingerprint density at radius 3 is 2.48 bits per heavy atom. The summed E-state index contributed by atoms with van der Waals surface area (Å²) in [5.74, 6) is -0.513. The summed E-state index contributed by atoms with van der Waals surface area (Å²) in [6, 6.07) is 14.1. The second-order valence-corrected chi connectivity index (χ2v) is 6.51. The van der Waals surface area contributed by atoms with E-state index >= 15 is 0 Å². The molecule has 0 spiro atoms. The molecule has 2 aromatic carbocycles. The van der Waals surface area contributed by atoms with Crippen LogP contribution in [0.15, 0.2) is 59.5 Å². The number of benzene rings is 2. The normalized spacial score (nSPS) is 10.8. The SMILES string of the molecule is COc1ccc(NC(=O)c2c(O)c3cnn(-c4ccc(C)cc4)c3[nH]c2=O)cc1. The van der Waals surface area contributed by atoms with Gasteiger partial charge >= 0.3 is 0 Å². The summed E-state index contributed by atoms with van der Waals surface area (Å²) in [6.45, 7) is 1.96. The third-order valence-corrected chi connectivity index (χ3v) is 4.57. The minimum atomic E-state index is -0.723. The van der Waals surface area contributed by atoms with Crippen molar-refractivity contribution in [3.05, 3.63) is 76.2 Å². The summed E-state index contributed by atoms with van der Waals surface area (Å²) in [5.41, 5.74) is 1.48. The van der Waals surface area contributed by atoms with E-state index in [2.05, 4.69) is 15.4 Å². The first-order valence-electron chi connectivity index (χ1n) is 8.83. The van der Waals surface area contributed by atoms with Gasteiger partial charge in [-0.1, -0.05) is 17.7 Å². The third kappa shape index (κ3) is 3.31. The van der Waals surface area contributed by atoms with Gasteiger partial charge in [0.2, 0.25) is 0 Å². The van der Waals surface area contributed by atoms with Crippen molar-refractivity contribution in [3.63, 3.8) is 0 Å². The lowest BCUT2D eigenvalue weighted by molar-refractivity contribution is 0.102. The fraction of sp³-hybridized carbons (Fsp3) is 0.0952. The number of hydrogen-bond acceptors (Lipinski definition) is 5. The van der Waals surface area contributed by atoms with E-state index in [4.69, 9.17) is 4.74 Å². The minimum Gasteiger partial charge on any atom is -0.506 e. The summed E-state index contributed by atoms with van der Waals surface area (Å²) in [4.78, 5) is 27.9. The molecule has 2 heterocycles. The largest absolute Gasteiger partial charge is 0.506 e. The highest BCUT2D eigenvalue weighted by atomic mass is 16.5. The summed E-state index contributed by atoms with van der Waals surface area (Å²) in [6.07, 6.45) is 1.41. The van der Waals surface area contributed by atoms with E-state index in [1.165, 1.54) is 18.0 Å². The second kappa shape index (κ2) is 7.16. The molecule has 4 aromatic rings. The van der Waals surface area contributed by atoms with Crippen LogP contribution >= 0.6 is 0 Å². The Labute approximate surface area is 165 Å². The number of hydrogen-bond donors (Lipinski definition) is 3. The number of carbonyl (C=O) groups excluding carboxylic acids is 1. The molecule has 0 fully saturated rings. The topological polar surface area (TPSA) is 109 Å². The smallest absolute Gasteiger partial charge is 0.266 e. The minimum absolute atomic E-state index is 0.269. The van der Waals surface area contributed by atoms with E-state index in [1.54, 1.807) is 24.3 Å². The number of amides is 1. The Morgan fingerprint density at radius 2 is 1.83 bits per heavy atom. The number of nitrogens with zero attached hydrogens (tertiary/aromatic N) is 2. The zero-order valence-corrected chi connectivity index (χ0v) is 15.8. The van der Waals surface area contributed by atoms with E-state index < -0.39 is 17.2 Å². The molecule has 0 atom stereocenters. The van der Waals surface area contributed by atoms with Crippen molar-refractivity contribution >= 4 is 22.6 Å². The third-order valence-electron chi connectivity index (χ3n) is 4.57. The zero-order chi connectivity index (χ0) is 20.5. The van der Waals surface area contributed by atoms with Crippen molar-refractivity contribution in [1.82, 2.24) is 14.8 Å². The molecule has 2 aromatic heterocycles. The monoisotopic (exact) mass is 390 g/mol. The Kier molecular flexibility index (Phi) is 4.52. The van der Waals surface area contributed by atoms with Crippen molar-refractivity contribution in [2.24, 2.45) is 0 Å². The molecular weight excluding hydrogens is 372 g/mol. The number of aromatic hydroxyl groups is 1. The van der Waals surface area contributed by atoms with Gasteiger partial charge in [0.1, 0.15) is 22.7 Å². The maximum Gasteiger partial charge on any atom is 0.266 e. The molecule has 8 heteroatoms. The lowest BCUT2D eigenvalue weighted by Gasteiger charge is -2.09. The number of H-pyrrole nitrogens is 1. The van der Waals surface area contributed by atoms with Gasteiger partial charge in [-0.15, -0.1) is 0 Å². The quantitative estimate of drug-likeness (QED) is 0.496. The number of nitrogens with one attached hydrogen (secondary N) is 2. The standard InChI is InChI=1S/C21H18N4O4/c1-12-3-7-14(8-4-12)25-19-16(11-22-25)18(26)17(21(28)24-19)20(27)23-13-5-9-15(29-2)10-6-13/h3-11H,1-2H3,(H,23,27)(H2,24,26,28). The molecule has 0 radical (unpaired) electrons. The number of methoxy groups -OCH3 is 1. The average Bonchev–Trinajstić information content (AvgIpc) is 3.13. The fourth-order valence-corrected chi connectivity index (χ4v) is 3.01. The lowest BCUT2D eigenvalue weighted by Crippen LogP contribution is -2.23. The first kappa shape index (κ1) is 18.3. The van der Waals surface area contributed by atoms with Crippen LogP contribution in [0.1, 0.15) is 15.9 Å². The molecule has 3 N–H and O–H groups in total. The average molecular weight is 390 g/mol. The van der Waals surface area contributed by atoms with Gasteiger partial charge in [-0.2, -0.15) is 5.10 Å². The maximum absolute atomic E-state index is 12.6. The number of ether oxygens (including phenoxy) is 1. The van der Waals surface area contributed by atoms with Crippen LogP contribution in [0.25, 0.3) is 16.7 Å². The molecule has 0 bridgehead atoms. The molecule has 4 rings (SSSR count). The number of anilines is 1. The van der Waals surface area contributed by atoms with Crippen LogP contribution in [0.4, 0.5) is 5.69 Å². The molecule has 29 heavy (non-hydrogen) atoms. The van der Waals surface area contributed by atoms with Gasteiger partial charge in [0.15, 0.2) is 0 Å². The number of pyridine rings is 1. The maximum atomic E-state index is 12.6. The Bertz CT molecular complexity index is 1260. The molecule has 0 aliphatic carbocycles. The predicted molar refractivity (Wildman–Crippen MR) is 109 cm³/mol. The highest BCUT2D eigenvalue weighted by Crippen LogP contribution is 2.27. The van der Waals surface area contributed by atoms with E-state index in [1.807, 2.05) is 31.2 Å². The number of carbonyl (C=O) groups is 1. The van der Waals surface area contributed by atoms with E-state index in [-0.39, 0.29) is 10.9 Å². The predicted octanol–water partition coefficient (Wildman–Crippen LogP) is 2.99. The van der Waals surface area contributed by atoms with E-state index in [9.17, 15) is 14.7 Å². The molecule has 0 saturated carbocycles. The van der Waals surface area contributed by atoms with Crippen molar-refractivity contribution in [2.45, 2.75) is 6.92 Å². The number of aromatic amines is 1. The van der Waals surface area contributed by atoms with Gasteiger partial charge < -0.3 is 20.1 Å². The van der Waals surface area contributed by atoms with Crippen LogP contribution in [-0.2, 0) is 0 Å². The fourth-order valence-electron chi connectivity index (χ4n) is 3.01. The zero-order valence-electron chi connectivity index (χ0n) is 15.8. The van der Waals surface area contributed by atoms with Gasteiger partial charge in [0, 0.05) is 5.69 Å². The van der Waals surface area contributed by atoms with Gasteiger partial charge in [-0.25, -0.2) is 4.68 Å². The van der Waals surface area contributed by atoms with Crippen LogP contribution in [0.5, 0.6) is 11.5 Å². The van der Waals surface area contributed by atoms with Gasteiger partial charge in [-0.3, -0.25) is 9.59 Å². The molecule has 0 aliphatic heterocycles. The Morgan fingerprint density at radius 1 is 1.14 bits per heavy atom. The number of aryl methyl sites for hydroxylation is 1. The van der Waals surface area contributed by atoms with Gasteiger partial charge in [-0.05, 0) is 43.3 Å². The summed E-state index contributed by atoms with van der Waals surface area (Å²) in [7, 11) is 1.54. The van der Waals surface area contributed by atoms with Gasteiger partial charge in [0.05, 0.1) is 24.4 Å². The van der Waals surface area contributed by atoms with Crippen LogP contribution in [0.2, 0.25) is 0 Å².